The lowest BCUT2D eigenvalue weighted by Gasteiger charge is -2.12. The summed E-state index contributed by atoms with van der Waals surface area (Å²) in [6, 6.07) is 11.1. The quantitative estimate of drug-likeness (QED) is 0.474. The molecular formula is C23H23ClN2O4S. The minimum atomic E-state index is -0.221. The molecule has 0 saturated heterocycles. The summed E-state index contributed by atoms with van der Waals surface area (Å²) in [7, 11) is 4.64. The van der Waals surface area contributed by atoms with Crippen molar-refractivity contribution in [2.75, 3.05) is 21.3 Å². The van der Waals surface area contributed by atoms with Crippen molar-refractivity contribution < 1.29 is 19.0 Å². The van der Waals surface area contributed by atoms with Gasteiger partial charge in [0.25, 0.3) is 0 Å². The van der Waals surface area contributed by atoms with Crippen molar-refractivity contribution in [2.45, 2.75) is 13.5 Å². The molecule has 1 amide bonds. The summed E-state index contributed by atoms with van der Waals surface area (Å²) in [5, 5.41) is 4.38. The number of aromatic nitrogens is 1. The van der Waals surface area contributed by atoms with E-state index in [-0.39, 0.29) is 5.91 Å². The maximum atomic E-state index is 12.3. The van der Waals surface area contributed by atoms with Gasteiger partial charge < -0.3 is 19.5 Å². The van der Waals surface area contributed by atoms with Gasteiger partial charge in [-0.15, -0.1) is 11.3 Å². The topological polar surface area (TPSA) is 69.7 Å². The maximum absolute atomic E-state index is 12.3. The zero-order valence-electron chi connectivity index (χ0n) is 17.7. The number of amides is 1. The van der Waals surface area contributed by atoms with E-state index in [0.717, 1.165) is 26.7 Å². The van der Waals surface area contributed by atoms with Gasteiger partial charge in [0.15, 0.2) is 11.5 Å². The number of carbonyl (C=O) groups excluding carboxylic acids is 1. The Hall–Kier alpha value is -3.03. The molecule has 162 valence electrons. The number of halogens is 1. The van der Waals surface area contributed by atoms with Crippen LogP contribution in [0.25, 0.3) is 16.6 Å². The second-order valence-electron chi connectivity index (χ2n) is 6.52. The number of nitrogens with zero attached hydrogens (tertiary/aromatic N) is 1. The molecule has 0 atom stereocenters. The zero-order valence-corrected chi connectivity index (χ0v) is 19.3. The summed E-state index contributed by atoms with van der Waals surface area (Å²) in [5.41, 5.74) is 2.51. The third-order valence-corrected chi connectivity index (χ3v) is 6.05. The maximum Gasteiger partial charge on any atom is 0.244 e. The van der Waals surface area contributed by atoms with Crippen molar-refractivity contribution in [1.29, 1.82) is 0 Å². The highest BCUT2D eigenvalue weighted by Crippen LogP contribution is 2.38. The van der Waals surface area contributed by atoms with Crippen LogP contribution in [0.15, 0.2) is 42.5 Å². The molecule has 1 aromatic heterocycles. The molecule has 1 heterocycles. The van der Waals surface area contributed by atoms with E-state index in [1.807, 2.05) is 31.2 Å². The third-order valence-electron chi connectivity index (χ3n) is 4.53. The summed E-state index contributed by atoms with van der Waals surface area (Å²) >= 11 is 7.79. The van der Waals surface area contributed by atoms with Crippen molar-refractivity contribution in [3.63, 3.8) is 0 Å². The molecule has 0 aliphatic rings. The van der Waals surface area contributed by atoms with Gasteiger partial charge in [-0.2, -0.15) is 0 Å². The highest BCUT2D eigenvalue weighted by molar-refractivity contribution is 7.15. The van der Waals surface area contributed by atoms with E-state index < -0.39 is 0 Å². The fourth-order valence-electron chi connectivity index (χ4n) is 2.94. The van der Waals surface area contributed by atoms with Crippen LogP contribution >= 0.6 is 22.9 Å². The number of rotatable bonds is 8. The van der Waals surface area contributed by atoms with E-state index >= 15 is 0 Å². The van der Waals surface area contributed by atoms with Crippen LogP contribution in [0.3, 0.4) is 0 Å². The molecule has 0 aliphatic carbocycles. The van der Waals surface area contributed by atoms with E-state index in [0.29, 0.717) is 28.8 Å². The van der Waals surface area contributed by atoms with Crippen LogP contribution in [0.2, 0.25) is 5.02 Å². The fraction of sp³-hybridized carbons (Fsp3) is 0.217. The number of carbonyl (C=O) groups is 1. The smallest absolute Gasteiger partial charge is 0.244 e. The second kappa shape index (κ2) is 10.3. The van der Waals surface area contributed by atoms with Gasteiger partial charge >= 0.3 is 0 Å². The first-order valence-corrected chi connectivity index (χ1v) is 10.6. The largest absolute Gasteiger partial charge is 0.493 e. The summed E-state index contributed by atoms with van der Waals surface area (Å²) < 4.78 is 16.0. The predicted molar refractivity (Wildman–Crippen MR) is 124 cm³/mol. The standard InChI is InChI=1S/C23H23ClN2O4S/c1-14-20(31-23(26-14)16-7-5-6-8-17(16)24)13-25-21(27)10-9-15-11-18(28-2)22(30-4)19(12-15)29-3/h5-12H,13H2,1-4H3,(H,25,27)/b10-9+. The molecule has 3 rings (SSSR count). The van der Waals surface area contributed by atoms with Gasteiger partial charge in [0, 0.05) is 16.5 Å². The first-order valence-electron chi connectivity index (χ1n) is 9.44. The van der Waals surface area contributed by atoms with Crippen molar-refractivity contribution in [2.24, 2.45) is 0 Å². The van der Waals surface area contributed by atoms with Gasteiger partial charge in [-0.05, 0) is 36.8 Å². The Kier molecular flexibility index (Phi) is 7.55. The SMILES string of the molecule is COc1cc(/C=C/C(=O)NCc2sc(-c3ccccc3Cl)nc2C)cc(OC)c1OC. The number of hydrogen-bond acceptors (Lipinski definition) is 6. The summed E-state index contributed by atoms with van der Waals surface area (Å²) in [5.74, 6) is 1.33. The van der Waals surface area contributed by atoms with Crippen LogP contribution in [0.1, 0.15) is 16.1 Å². The van der Waals surface area contributed by atoms with E-state index in [4.69, 9.17) is 25.8 Å². The molecule has 0 bridgehead atoms. The number of nitrogens with one attached hydrogen (secondary N) is 1. The molecule has 0 aliphatic heterocycles. The minimum absolute atomic E-state index is 0.221. The Balaban J connectivity index is 1.68. The van der Waals surface area contributed by atoms with Crippen LogP contribution in [0.5, 0.6) is 17.2 Å². The van der Waals surface area contributed by atoms with Crippen LogP contribution in [0, 0.1) is 6.92 Å². The third kappa shape index (κ3) is 5.37. The monoisotopic (exact) mass is 458 g/mol. The number of ether oxygens (including phenoxy) is 3. The van der Waals surface area contributed by atoms with Crippen LogP contribution in [-0.4, -0.2) is 32.2 Å². The lowest BCUT2D eigenvalue weighted by atomic mass is 10.1. The number of methoxy groups -OCH3 is 3. The molecule has 8 heteroatoms. The van der Waals surface area contributed by atoms with E-state index in [2.05, 4.69) is 10.3 Å². The Morgan fingerprint density at radius 1 is 1.13 bits per heavy atom. The number of hydrogen-bond donors (Lipinski definition) is 1. The minimum Gasteiger partial charge on any atom is -0.493 e. The second-order valence-corrected chi connectivity index (χ2v) is 8.01. The summed E-state index contributed by atoms with van der Waals surface area (Å²) in [6.07, 6.45) is 3.15. The predicted octanol–water partition coefficient (Wildman–Crippen LogP) is 5.13. The molecule has 2 aromatic carbocycles. The Morgan fingerprint density at radius 2 is 1.81 bits per heavy atom. The van der Waals surface area contributed by atoms with Crippen LogP contribution in [-0.2, 0) is 11.3 Å². The van der Waals surface area contributed by atoms with Crippen LogP contribution < -0.4 is 19.5 Å². The van der Waals surface area contributed by atoms with Crippen LogP contribution in [0.4, 0.5) is 0 Å². The number of aryl methyl sites for hydroxylation is 1. The number of thiazole rings is 1. The van der Waals surface area contributed by atoms with Gasteiger partial charge in [0.2, 0.25) is 11.7 Å². The first-order chi connectivity index (χ1) is 15.0. The number of benzene rings is 2. The van der Waals surface area contributed by atoms with Crippen molar-refractivity contribution in [1.82, 2.24) is 10.3 Å². The highest BCUT2D eigenvalue weighted by Gasteiger charge is 2.13. The molecule has 6 nitrogen and oxygen atoms in total. The summed E-state index contributed by atoms with van der Waals surface area (Å²) in [6.45, 7) is 2.30. The molecular weight excluding hydrogens is 436 g/mol. The first kappa shape index (κ1) is 22.7. The molecule has 31 heavy (non-hydrogen) atoms. The molecule has 0 unspecified atom stereocenters. The Bertz CT molecular complexity index is 1090. The molecule has 0 saturated carbocycles. The van der Waals surface area contributed by atoms with E-state index in [9.17, 15) is 4.79 Å². The van der Waals surface area contributed by atoms with Gasteiger partial charge in [0.1, 0.15) is 5.01 Å². The Morgan fingerprint density at radius 3 is 2.42 bits per heavy atom. The van der Waals surface area contributed by atoms with Gasteiger partial charge in [-0.3, -0.25) is 4.79 Å². The van der Waals surface area contributed by atoms with E-state index in [1.54, 1.807) is 39.5 Å². The van der Waals surface area contributed by atoms with Crippen molar-refractivity contribution in [3.05, 3.63) is 63.6 Å². The molecule has 0 fully saturated rings. The average molecular weight is 459 g/mol. The average Bonchev–Trinajstić information content (AvgIpc) is 3.15. The lowest BCUT2D eigenvalue weighted by Crippen LogP contribution is -2.20. The lowest BCUT2D eigenvalue weighted by molar-refractivity contribution is -0.116. The Labute approximate surface area is 190 Å². The zero-order chi connectivity index (χ0) is 22.4. The van der Waals surface area contributed by atoms with Crippen molar-refractivity contribution in [3.8, 4) is 27.8 Å². The molecule has 0 radical (unpaired) electrons. The summed E-state index contributed by atoms with van der Waals surface area (Å²) in [4.78, 5) is 17.9. The molecule has 3 aromatic rings. The van der Waals surface area contributed by atoms with Gasteiger partial charge in [0.05, 0.1) is 38.6 Å². The normalized spacial score (nSPS) is 10.9. The van der Waals surface area contributed by atoms with Gasteiger partial charge in [-0.25, -0.2) is 4.98 Å². The highest BCUT2D eigenvalue weighted by atomic mass is 35.5. The van der Waals surface area contributed by atoms with E-state index in [1.165, 1.54) is 17.4 Å². The molecule has 0 spiro atoms. The molecule has 1 N–H and O–H groups in total. The van der Waals surface area contributed by atoms with Gasteiger partial charge in [-0.1, -0.05) is 29.8 Å². The fourth-order valence-corrected chi connectivity index (χ4v) is 4.26. The van der Waals surface area contributed by atoms with Crippen molar-refractivity contribution >= 4 is 34.9 Å².